The van der Waals surface area contributed by atoms with Crippen molar-refractivity contribution in [3.05, 3.63) is 64.5 Å². The van der Waals surface area contributed by atoms with Gasteiger partial charge in [0.05, 0.1) is 6.10 Å². The molecule has 1 N–H and O–H groups in total. The van der Waals surface area contributed by atoms with E-state index < -0.39 is 17.7 Å². The quantitative estimate of drug-likeness (QED) is 0.922. The summed E-state index contributed by atoms with van der Waals surface area (Å²) in [5.41, 5.74) is 2.87. The zero-order valence-electron chi connectivity index (χ0n) is 10.8. The number of aliphatic hydroxyl groups excluding tert-OH is 1. The fourth-order valence-electron chi connectivity index (χ4n) is 2.05. The third-order valence-electron chi connectivity index (χ3n) is 3.04. The van der Waals surface area contributed by atoms with Crippen LogP contribution in [0.1, 0.15) is 28.6 Å². The molecule has 1 heterocycles. The molecular weight excluding hydrogens is 248 g/mol. The van der Waals surface area contributed by atoms with Crippen molar-refractivity contribution >= 4 is 0 Å². The number of halogens is 2. The van der Waals surface area contributed by atoms with Gasteiger partial charge in [-0.05, 0) is 37.6 Å². The Kier molecular flexibility index (Phi) is 3.90. The lowest BCUT2D eigenvalue weighted by molar-refractivity contribution is 0.177. The molecule has 0 bridgehead atoms. The van der Waals surface area contributed by atoms with E-state index in [0.717, 1.165) is 23.5 Å². The summed E-state index contributed by atoms with van der Waals surface area (Å²) in [5, 5.41) is 10.1. The summed E-state index contributed by atoms with van der Waals surface area (Å²) in [7, 11) is 0. The molecule has 4 heteroatoms. The van der Waals surface area contributed by atoms with Crippen LogP contribution in [0.15, 0.2) is 30.3 Å². The zero-order valence-corrected chi connectivity index (χ0v) is 10.8. The molecule has 1 atom stereocenters. The second kappa shape index (κ2) is 5.45. The van der Waals surface area contributed by atoms with Gasteiger partial charge in [-0.15, -0.1) is 0 Å². The Labute approximate surface area is 110 Å². The van der Waals surface area contributed by atoms with Crippen molar-refractivity contribution < 1.29 is 13.9 Å². The normalized spacial score (nSPS) is 12.5. The van der Waals surface area contributed by atoms with E-state index in [1.165, 1.54) is 6.07 Å². The monoisotopic (exact) mass is 263 g/mol. The molecule has 1 unspecified atom stereocenters. The third kappa shape index (κ3) is 3.15. The van der Waals surface area contributed by atoms with Gasteiger partial charge in [0.1, 0.15) is 0 Å². The summed E-state index contributed by atoms with van der Waals surface area (Å²) in [6, 6.07) is 7.27. The van der Waals surface area contributed by atoms with Crippen LogP contribution >= 0.6 is 0 Å². The number of aliphatic hydroxyl groups is 1. The highest BCUT2D eigenvalue weighted by Crippen LogP contribution is 2.21. The summed E-state index contributed by atoms with van der Waals surface area (Å²) >= 11 is 0. The average Bonchev–Trinajstić information content (AvgIpc) is 2.33. The molecule has 1 aromatic heterocycles. The van der Waals surface area contributed by atoms with Crippen molar-refractivity contribution in [2.45, 2.75) is 26.4 Å². The molecule has 0 amide bonds. The second-order valence-electron chi connectivity index (χ2n) is 4.60. The van der Waals surface area contributed by atoms with Gasteiger partial charge in [-0.2, -0.15) is 0 Å². The molecule has 19 heavy (non-hydrogen) atoms. The maximum Gasteiger partial charge on any atom is 0.159 e. The Hall–Kier alpha value is -1.81. The summed E-state index contributed by atoms with van der Waals surface area (Å²) in [5.74, 6) is -1.78. The van der Waals surface area contributed by atoms with Crippen LogP contribution < -0.4 is 0 Å². The van der Waals surface area contributed by atoms with Gasteiger partial charge in [-0.25, -0.2) is 8.78 Å². The van der Waals surface area contributed by atoms with Crippen LogP contribution in [-0.4, -0.2) is 10.1 Å². The lowest BCUT2D eigenvalue weighted by atomic mass is 10.00. The van der Waals surface area contributed by atoms with Crippen molar-refractivity contribution in [1.82, 2.24) is 4.98 Å². The van der Waals surface area contributed by atoms with Gasteiger partial charge in [-0.1, -0.05) is 12.1 Å². The largest absolute Gasteiger partial charge is 0.388 e. The Morgan fingerprint density at radius 2 is 1.84 bits per heavy atom. The minimum absolute atomic E-state index is 0.225. The predicted molar refractivity (Wildman–Crippen MR) is 68.7 cm³/mol. The van der Waals surface area contributed by atoms with Gasteiger partial charge in [0, 0.05) is 23.4 Å². The molecule has 0 fully saturated rings. The minimum atomic E-state index is -0.900. The van der Waals surface area contributed by atoms with Crippen LogP contribution in [0.25, 0.3) is 0 Å². The highest BCUT2D eigenvalue weighted by molar-refractivity contribution is 5.27. The third-order valence-corrected chi connectivity index (χ3v) is 3.04. The highest BCUT2D eigenvalue weighted by Gasteiger charge is 2.13. The maximum absolute atomic E-state index is 13.1. The van der Waals surface area contributed by atoms with Crippen molar-refractivity contribution in [2.75, 3.05) is 0 Å². The number of aromatic nitrogens is 1. The van der Waals surface area contributed by atoms with Crippen LogP contribution in [-0.2, 0) is 6.42 Å². The van der Waals surface area contributed by atoms with E-state index in [9.17, 15) is 13.9 Å². The van der Waals surface area contributed by atoms with E-state index in [1.54, 1.807) is 0 Å². The second-order valence-corrected chi connectivity index (χ2v) is 4.60. The fourth-order valence-corrected chi connectivity index (χ4v) is 2.05. The van der Waals surface area contributed by atoms with Crippen molar-refractivity contribution in [3.8, 4) is 0 Å². The molecule has 2 nitrogen and oxygen atoms in total. The van der Waals surface area contributed by atoms with Crippen LogP contribution in [0.4, 0.5) is 8.78 Å². The molecule has 0 aliphatic heterocycles. The Morgan fingerprint density at radius 1 is 1.11 bits per heavy atom. The molecule has 0 spiro atoms. The number of benzene rings is 1. The molecule has 0 saturated heterocycles. The topological polar surface area (TPSA) is 33.1 Å². The Bertz CT molecular complexity index is 599. The van der Waals surface area contributed by atoms with E-state index in [1.807, 2.05) is 26.0 Å². The Balaban J connectivity index is 2.20. The van der Waals surface area contributed by atoms with Gasteiger partial charge in [0.2, 0.25) is 0 Å². The molecule has 2 rings (SSSR count). The Morgan fingerprint density at radius 3 is 2.47 bits per heavy atom. The van der Waals surface area contributed by atoms with Crippen molar-refractivity contribution in [1.29, 1.82) is 0 Å². The molecule has 0 aliphatic rings. The first-order chi connectivity index (χ1) is 8.97. The number of nitrogens with zero attached hydrogens (tertiary/aromatic N) is 1. The number of aryl methyl sites for hydroxylation is 2. The van der Waals surface area contributed by atoms with E-state index in [2.05, 4.69) is 4.98 Å². The summed E-state index contributed by atoms with van der Waals surface area (Å²) in [6.45, 7) is 3.69. The maximum atomic E-state index is 13.1. The molecule has 100 valence electrons. The first-order valence-corrected chi connectivity index (χ1v) is 6.03. The molecule has 0 radical (unpaired) electrons. The first-order valence-electron chi connectivity index (χ1n) is 6.03. The minimum Gasteiger partial charge on any atom is -0.388 e. The number of hydrogen-bond donors (Lipinski definition) is 1. The predicted octanol–water partition coefficient (Wildman–Crippen LogP) is 3.25. The smallest absolute Gasteiger partial charge is 0.159 e. The van der Waals surface area contributed by atoms with Gasteiger partial charge in [0.15, 0.2) is 11.6 Å². The molecule has 0 aliphatic carbocycles. The molecular formula is C15H15F2NO. The highest BCUT2D eigenvalue weighted by atomic mass is 19.2. The van der Waals surface area contributed by atoms with Gasteiger partial charge in [-0.3, -0.25) is 4.98 Å². The van der Waals surface area contributed by atoms with Crippen LogP contribution in [0.3, 0.4) is 0 Å². The lowest BCUT2D eigenvalue weighted by Crippen LogP contribution is -2.06. The number of pyridine rings is 1. The van der Waals surface area contributed by atoms with Gasteiger partial charge in [0.25, 0.3) is 0 Å². The van der Waals surface area contributed by atoms with Crippen LogP contribution in [0, 0.1) is 25.5 Å². The molecule has 1 aromatic carbocycles. The SMILES string of the molecule is Cc1ccc(C(O)Cc2ccc(F)c(F)c2)c(C)n1. The average molecular weight is 263 g/mol. The molecule has 2 aromatic rings. The standard InChI is InChI=1S/C15H15F2NO/c1-9-3-5-12(10(2)18-9)15(19)8-11-4-6-13(16)14(17)7-11/h3-7,15,19H,8H2,1-2H3. The van der Waals surface area contributed by atoms with E-state index in [4.69, 9.17) is 0 Å². The summed E-state index contributed by atoms with van der Waals surface area (Å²) in [4.78, 5) is 4.27. The van der Waals surface area contributed by atoms with Crippen LogP contribution in [0.5, 0.6) is 0 Å². The number of hydrogen-bond acceptors (Lipinski definition) is 2. The summed E-state index contributed by atoms with van der Waals surface area (Å²) in [6.07, 6.45) is -0.555. The first kappa shape index (κ1) is 13.6. The van der Waals surface area contributed by atoms with E-state index >= 15 is 0 Å². The number of rotatable bonds is 3. The fraction of sp³-hybridized carbons (Fsp3) is 0.267. The van der Waals surface area contributed by atoms with Crippen LogP contribution in [0.2, 0.25) is 0 Å². The van der Waals surface area contributed by atoms with Gasteiger partial charge < -0.3 is 5.11 Å². The van der Waals surface area contributed by atoms with E-state index in [0.29, 0.717) is 11.1 Å². The molecule has 0 saturated carbocycles. The lowest BCUT2D eigenvalue weighted by Gasteiger charge is -2.14. The summed E-state index contributed by atoms with van der Waals surface area (Å²) < 4.78 is 25.9. The van der Waals surface area contributed by atoms with E-state index in [-0.39, 0.29) is 6.42 Å². The zero-order chi connectivity index (χ0) is 14.0. The van der Waals surface area contributed by atoms with Gasteiger partial charge >= 0.3 is 0 Å². The van der Waals surface area contributed by atoms with Crippen molar-refractivity contribution in [3.63, 3.8) is 0 Å². The van der Waals surface area contributed by atoms with Crippen molar-refractivity contribution in [2.24, 2.45) is 0 Å².